The van der Waals surface area contributed by atoms with Gasteiger partial charge in [0.1, 0.15) is 6.04 Å². The van der Waals surface area contributed by atoms with Crippen molar-refractivity contribution in [2.75, 3.05) is 13.2 Å². The van der Waals surface area contributed by atoms with Gasteiger partial charge >= 0.3 is 5.97 Å². The minimum atomic E-state index is -0.899. The van der Waals surface area contributed by atoms with Crippen LogP contribution in [0.4, 0.5) is 0 Å². The van der Waals surface area contributed by atoms with Crippen molar-refractivity contribution >= 4 is 5.97 Å². The Labute approximate surface area is 147 Å². The number of hydrogen-bond donors (Lipinski definition) is 3. The predicted molar refractivity (Wildman–Crippen MR) is 97.1 cm³/mol. The minimum Gasteiger partial charge on any atom is -0.480 e. The summed E-state index contributed by atoms with van der Waals surface area (Å²) >= 11 is 0. The molecule has 132 valence electrons. The molecular formula is C20H24N2O3. The summed E-state index contributed by atoms with van der Waals surface area (Å²) in [6.07, 6.45) is 2.08. The number of carboxylic acid groups (broad SMARTS) is 1. The molecule has 5 heteroatoms. The van der Waals surface area contributed by atoms with Crippen LogP contribution >= 0.6 is 0 Å². The molecule has 0 fully saturated rings. The summed E-state index contributed by atoms with van der Waals surface area (Å²) in [5.41, 5.74) is 13.1. The number of carbonyl (C=O) groups is 1. The van der Waals surface area contributed by atoms with E-state index in [2.05, 4.69) is 29.7 Å². The van der Waals surface area contributed by atoms with Gasteiger partial charge in [-0.2, -0.15) is 5.48 Å². The third-order valence-electron chi connectivity index (χ3n) is 4.68. The van der Waals surface area contributed by atoms with Gasteiger partial charge in [-0.1, -0.05) is 48.5 Å². The average molecular weight is 340 g/mol. The maximum atomic E-state index is 11.3. The first-order valence-electron chi connectivity index (χ1n) is 8.70. The average Bonchev–Trinajstić information content (AvgIpc) is 2.95. The number of nitrogens with two attached hydrogens (primary N) is 1. The van der Waals surface area contributed by atoms with Crippen LogP contribution in [0.15, 0.2) is 48.5 Å². The molecular weight excluding hydrogens is 316 g/mol. The summed E-state index contributed by atoms with van der Waals surface area (Å²) in [4.78, 5) is 17.0. The van der Waals surface area contributed by atoms with Crippen LogP contribution in [0.25, 0.3) is 11.1 Å². The molecule has 0 radical (unpaired) electrons. The zero-order valence-corrected chi connectivity index (χ0v) is 14.2. The van der Waals surface area contributed by atoms with Gasteiger partial charge in [-0.3, -0.25) is 9.63 Å². The molecule has 0 aliphatic heterocycles. The van der Waals surface area contributed by atoms with Crippen LogP contribution in [0.5, 0.6) is 0 Å². The molecule has 3 rings (SSSR count). The summed E-state index contributed by atoms with van der Waals surface area (Å²) in [6, 6.07) is 15.9. The molecule has 1 atom stereocenters. The van der Waals surface area contributed by atoms with E-state index in [-0.39, 0.29) is 5.92 Å². The third kappa shape index (κ3) is 3.90. The van der Waals surface area contributed by atoms with Crippen molar-refractivity contribution in [2.24, 2.45) is 5.73 Å². The molecule has 25 heavy (non-hydrogen) atoms. The van der Waals surface area contributed by atoms with Gasteiger partial charge < -0.3 is 10.8 Å². The van der Waals surface area contributed by atoms with E-state index in [1.54, 1.807) is 0 Å². The smallest absolute Gasteiger partial charge is 0.323 e. The molecule has 2 aromatic rings. The summed E-state index contributed by atoms with van der Waals surface area (Å²) in [6.45, 7) is 0.970. The molecule has 0 bridgehead atoms. The van der Waals surface area contributed by atoms with E-state index in [0.717, 1.165) is 12.8 Å². The number of hydrogen-bond acceptors (Lipinski definition) is 4. The Balaban J connectivity index is 1.66. The normalized spacial score (nSPS) is 14.1. The highest BCUT2D eigenvalue weighted by Gasteiger charge is 2.28. The second-order valence-electron chi connectivity index (χ2n) is 6.33. The molecule has 1 aliphatic carbocycles. The maximum absolute atomic E-state index is 11.3. The van der Waals surface area contributed by atoms with E-state index in [4.69, 9.17) is 10.6 Å². The summed E-state index contributed by atoms with van der Waals surface area (Å²) < 4.78 is 0. The number of carboxylic acids is 1. The second-order valence-corrected chi connectivity index (χ2v) is 6.33. The van der Waals surface area contributed by atoms with E-state index in [1.807, 2.05) is 24.3 Å². The van der Waals surface area contributed by atoms with Crippen molar-refractivity contribution in [3.63, 3.8) is 0 Å². The van der Waals surface area contributed by atoms with E-state index < -0.39 is 12.0 Å². The van der Waals surface area contributed by atoms with Crippen molar-refractivity contribution in [3.05, 3.63) is 59.7 Å². The lowest BCUT2D eigenvalue weighted by Crippen LogP contribution is -2.37. The number of fused-ring (bicyclic) bond motifs is 3. The Morgan fingerprint density at radius 3 is 2.24 bits per heavy atom. The second kappa shape index (κ2) is 8.25. The van der Waals surface area contributed by atoms with Crippen molar-refractivity contribution in [1.29, 1.82) is 0 Å². The van der Waals surface area contributed by atoms with Gasteiger partial charge in [-0.05, 0) is 48.1 Å². The molecule has 0 heterocycles. The Morgan fingerprint density at radius 2 is 1.68 bits per heavy atom. The summed E-state index contributed by atoms with van der Waals surface area (Å²) in [7, 11) is 0. The van der Waals surface area contributed by atoms with Crippen LogP contribution in [0.2, 0.25) is 0 Å². The first-order valence-corrected chi connectivity index (χ1v) is 8.70. The molecule has 0 saturated carbocycles. The van der Waals surface area contributed by atoms with Gasteiger partial charge in [-0.15, -0.1) is 0 Å². The SMILES string of the molecule is NCCCC[C@H](NOCC1c2ccccc2-c2ccccc21)C(=O)O. The number of hydroxylamine groups is 1. The first kappa shape index (κ1) is 17.6. The molecule has 0 aromatic heterocycles. The van der Waals surface area contributed by atoms with Crippen molar-refractivity contribution < 1.29 is 14.7 Å². The van der Waals surface area contributed by atoms with Gasteiger partial charge in [0, 0.05) is 5.92 Å². The fraction of sp³-hybridized carbons (Fsp3) is 0.350. The van der Waals surface area contributed by atoms with Crippen LogP contribution in [0.1, 0.15) is 36.3 Å². The molecule has 0 spiro atoms. The lowest BCUT2D eigenvalue weighted by atomic mass is 9.98. The Morgan fingerprint density at radius 1 is 1.08 bits per heavy atom. The molecule has 0 amide bonds. The molecule has 1 aliphatic rings. The number of nitrogens with one attached hydrogen (secondary N) is 1. The lowest BCUT2D eigenvalue weighted by molar-refractivity contribution is -0.144. The fourth-order valence-corrected chi connectivity index (χ4v) is 3.40. The summed E-state index contributed by atoms with van der Waals surface area (Å²) in [5, 5.41) is 9.31. The van der Waals surface area contributed by atoms with Crippen molar-refractivity contribution in [2.45, 2.75) is 31.2 Å². The maximum Gasteiger partial charge on any atom is 0.323 e. The van der Waals surface area contributed by atoms with Gasteiger partial charge in [0.2, 0.25) is 0 Å². The van der Waals surface area contributed by atoms with E-state index in [1.165, 1.54) is 22.3 Å². The number of unbranched alkanes of at least 4 members (excludes halogenated alkanes) is 1. The number of benzene rings is 2. The van der Waals surface area contributed by atoms with Gasteiger partial charge in [0.15, 0.2) is 0 Å². The predicted octanol–water partition coefficient (Wildman–Crippen LogP) is 2.90. The first-order chi connectivity index (χ1) is 12.2. The van der Waals surface area contributed by atoms with Crippen LogP contribution < -0.4 is 11.2 Å². The highest BCUT2D eigenvalue weighted by Crippen LogP contribution is 2.44. The van der Waals surface area contributed by atoms with E-state index in [9.17, 15) is 9.90 Å². The highest BCUT2D eigenvalue weighted by atomic mass is 16.6. The standard InChI is InChI=1S/C20H24N2O3/c21-12-6-5-11-19(20(23)24)22-25-13-18-16-9-3-1-7-14(16)15-8-2-4-10-17(15)18/h1-4,7-10,18-19,22H,5-6,11-13,21H2,(H,23,24)/t19-/m0/s1. The van der Waals surface area contributed by atoms with E-state index >= 15 is 0 Å². The molecule has 0 saturated heterocycles. The fourth-order valence-electron chi connectivity index (χ4n) is 3.40. The van der Waals surface area contributed by atoms with Crippen LogP contribution in [-0.2, 0) is 9.63 Å². The minimum absolute atomic E-state index is 0.110. The van der Waals surface area contributed by atoms with Crippen molar-refractivity contribution in [1.82, 2.24) is 5.48 Å². The topological polar surface area (TPSA) is 84.6 Å². The molecule has 5 nitrogen and oxygen atoms in total. The monoisotopic (exact) mass is 340 g/mol. The zero-order valence-electron chi connectivity index (χ0n) is 14.2. The van der Waals surface area contributed by atoms with E-state index in [0.29, 0.717) is 19.6 Å². The van der Waals surface area contributed by atoms with Gasteiger partial charge in [0.25, 0.3) is 0 Å². The lowest BCUT2D eigenvalue weighted by Gasteiger charge is -2.18. The largest absolute Gasteiger partial charge is 0.480 e. The molecule has 0 unspecified atom stereocenters. The molecule has 4 N–H and O–H groups in total. The Hall–Kier alpha value is -2.21. The summed E-state index contributed by atoms with van der Waals surface area (Å²) in [5.74, 6) is -0.789. The van der Waals surface area contributed by atoms with Gasteiger partial charge in [0.05, 0.1) is 6.61 Å². The third-order valence-corrected chi connectivity index (χ3v) is 4.68. The Kier molecular flexibility index (Phi) is 5.81. The highest BCUT2D eigenvalue weighted by molar-refractivity contribution is 5.78. The van der Waals surface area contributed by atoms with Crippen LogP contribution in [0, 0.1) is 0 Å². The zero-order chi connectivity index (χ0) is 17.6. The molecule has 2 aromatic carbocycles. The number of aliphatic carboxylic acids is 1. The van der Waals surface area contributed by atoms with Crippen LogP contribution in [-0.4, -0.2) is 30.3 Å². The van der Waals surface area contributed by atoms with Crippen molar-refractivity contribution in [3.8, 4) is 11.1 Å². The van der Waals surface area contributed by atoms with Gasteiger partial charge in [-0.25, -0.2) is 0 Å². The Bertz CT molecular complexity index is 687. The quantitative estimate of drug-likeness (QED) is 0.483. The number of rotatable bonds is 9. The van der Waals surface area contributed by atoms with Crippen LogP contribution in [0.3, 0.4) is 0 Å².